The second kappa shape index (κ2) is 14.9. The Morgan fingerprint density at radius 1 is 0.323 bits per heavy atom. The van der Waals surface area contributed by atoms with Gasteiger partial charge in [-0.3, -0.25) is 0 Å². The van der Waals surface area contributed by atoms with Gasteiger partial charge in [0.1, 0.15) is 0 Å². The predicted octanol–water partition coefficient (Wildman–Crippen LogP) is 13.3. The predicted molar refractivity (Wildman–Crippen MR) is 279 cm³/mol. The second-order valence-corrected chi connectivity index (χ2v) is 23.4. The van der Waals surface area contributed by atoms with Crippen LogP contribution in [-0.2, 0) is 10.8 Å². The Morgan fingerprint density at radius 3 is 1.25 bits per heavy atom. The highest BCUT2D eigenvalue weighted by Crippen LogP contribution is 2.45. The smallest absolute Gasteiger partial charge is 0.179 e. The number of aromatic nitrogens is 2. The molecule has 2 nitrogen and oxygen atoms in total. The van der Waals surface area contributed by atoms with Crippen molar-refractivity contribution >= 4 is 72.4 Å². The molecular weight excluding hydrogens is 801 g/mol. The van der Waals surface area contributed by atoms with Crippen molar-refractivity contribution in [3.05, 3.63) is 230 Å². The number of nitrogens with zero attached hydrogens (tertiary/aromatic N) is 2. The fourth-order valence-corrected chi connectivity index (χ4v) is 16.2. The van der Waals surface area contributed by atoms with Gasteiger partial charge in [0.15, 0.2) is 8.07 Å². The van der Waals surface area contributed by atoms with Gasteiger partial charge in [0.05, 0.1) is 22.1 Å². The monoisotopic (exact) mass is 852 g/mol. The van der Waals surface area contributed by atoms with Gasteiger partial charge in [0.25, 0.3) is 0 Å². The molecule has 0 saturated carbocycles. The third-order valence-electron chi connectivity index (χ3n) is 15.0. The van der Waals surface area contributed by atoms with Crippen molar-refractivity contribution in [3.8, 4) is 22.5 Å². The molecule has 0 bridgehead atoms. The molecule has 0 saturated heterocycles. The van der Waals surface area contributed by atoms with E-state index in [0.29, 0.717) is 0 Å². The molecule has 1 aliphatic carbocycles. The summed E-state index contributed by atoms with van der Waals surface area (Å²) >= 11 is 0. The van der Waals surface area contributed by atoms with Gasteiger partial charge in [-0.1, -0.05) is 198 Å². The molecule has 0 unspecified atom stereocenters. The molecule has 1 aliphatic rings. The van der Waals surface area contributed by atoms with Crippen molar-refractivity contribution in [1.82, 2.24) is 9.13 Å². The average molecular weight is 853 g/mol. The standard InChI is InChI=1S/C62H52N2Si/c1-61(2)38-39-62(3,4)56-42-50(34-37-55(56)61)65(47-20-10-6-11-21-47,48-22-12-7-13-23-48)49-32-30-46(31-33-49)64-58-27-17-15-25-52(58)54-36-29-44(41-60(54)64)43-28-35-53-51-24-14-16-26-57(51)63(59(53)40-43)45-18-8-5-9-19-45/h5-37,40-42H,38-39H2,1-4H3. The lowest BCUT2D eigenvalue weighted by molar-refractivity contribution is 0.332. The maximum absolute atomic E-state index is 2.81. The molecule has 3 heteroatoms. The van der Waals surface area contributed by atoms with Crippen LogP contribution in [0.5, 0.6) is 0 Å². The minimum absolute atomic E-state index is 0.0969. The lowest BCUT2D eigenvalue weighted by Crippen LogP contribution is -2.74. The van der Waals surface area contributed by atoms with Crippen LogP contribution in [0.3, 0.4) is 0 Å². The molecule has 0 spiro atoms. The first kappa shape index (κ1) is 39.4. The Morgan fingerprint density at radius 2 is 0.723 bits per heavy atom. The van der Waals surface area contributed by atoms with E-state index in [4.69, 9.17) is 0 Å². The van der Waals surface area contributed by atoms with E-state index in [1.54, 1.807) is 0 Å². The molecule has 0 radical (unpaired) electrons. The van der Waals surface area contributed by atoms with Gasteiger partial charge in [-0.15, -0.1) is 0 Å². The molecule has 12 rings (SSSR count). The van der Waals surface area contributed by atoms with Crippen molar-refractivity contribution in [2.75, 3.05) is 0 Å². The van der Waals surface area contributed by atoms with Crippen molar-refractivity contribution in [3.63, 3.8) is 0 Å². The zero-order valence-electron chi connectivity index (χ0n) is 37.6. The summed E-state index contributed by atoms with van der Waals surface area (Å²) in [4.78, 5) is 0. The largest absolute Gasteiger partial charge is 0.309 e. The van der Waals surface area contributed by atoms with Crippen molar-refractivity contribution in [1.29, 1.82) is 0 Å². The van der Waals surface area contributed by atoms with E-state index in [0.717, 1.165) is 5.69 Å². The summed E-state index contributed by atoms with van der Waals surface area (Å²) in [6, 6.07) is 82.5. The summed E-state index contributed by atoms with van der Waals surface area (Å²) in [5.74, 6) is 0. The van der Waals surface area contributed by atoms with Gasteiger partial charge in [-0.25, -0.2) is 0 Å². The maximum atomic E-state index is 2.63. The fourth-order valence-electron chi connectivity index (χ4n) is 11.5. The first-order valence-corrected chi connectivity index (χ1v) is 25.2. The third kappa shape index (κ3) is 6.13. The van der Waals surface area contributed by atoms with Gasteiger partial charge in [0, 0.05) is 32.9 Å². The van der Waals surface area contributed by atoms with Crippen LogP contribution in [0.1, 0.15) is 51.7 Å². The van der Waals surface area contributed by atoms with Crippen LogP contribution in [0.25, 0.3) is 66.1 Å². The van der Waals surface area contributed by atoms with Gasteiger partial charge in [-0.05, 0) is 115 Å². The Hall–Kier alpha value is -7.20. The highest BCUT2D eigenvalue weighted by Gasteiger charge is 2.44. The lowest BCUT2D eigenvalue weighted by atomic mass is 9.63. The molecule has 2 aromatic heterocycles. The Kier molecular flexibility index (Phi) is 9.05. The molecule has 0 aliphatic heterocycles. The van der Waals surface area contributed by atoms with E-state index in [2.05, 4.69) is 255 Å². The highest BCUT2D eigenvalue weighted by molar-refractivity contribution is 7.19. The number of rotatable bonds is 7. The molecule has 11 aromatic rings. The highest BCUT2D eigenvalue weighted by atomic mass is 28.3. The number of fused-ring (bicyclic) bond motifs is 7. The summed E-state index contributed by atoms with van der Waals surface area (Å²) in [6.45, 7) is 9.77. The average Bonchev–Trinajstić information content (AvgIpc) is 3.87. The van der Waals surface area contributed by atoms with Crippen LogP contribution < -0.4 is 20.7 Å². The molecule has 0 atom stereocenters. The van der Waals surface area contributed by atoms with Crippen LogP contribution in [-0.4, -0.2) is 17.2 Å². The molecule has 0 fully saturated rings. The first-order valence-electron chi connectivity index (χ1n) is 23.2. The molecular formula is C62H52N2Si. The van der Waals surface area contributed by atoms with Gasteiger partial charge in [-0.2, -0.15) is 0 Å². The first-order chi connectivity index (χ1) is 31.7. The number of hydrogen-bond acceptors (Lipinski definition) is 0. The van der Waals surface area contributed by atoms with Crippen LogP contribution in [0.2, 0.25) is 0 Å². The summed E-state index contributed by atoms with van der Waals surface area (Å²) in [6.07, 6.45) is 2.39. The quantitative estimate of drug-likeness (QED) is 0.112. The SMILES string of the molecule is CC1(C)CCC(C)(C)c2cc([Si](c3ccccc3)(c3ccccc3)c3ccc(-n4c5ccccc5c5ccc(-c6ccc7c8ccccc8n(-c8ccccc8)c7c6)cc54)cc3)ccc21. The minimum atomic E-state index is -2.81. The number of hydrogen-bond donors (Lipinski definition) is 0. The minimum Gasteiger partial charge on any atom is -0.309 e. The van der Waals surface area contributed by atoms with Crippen molar-refractivity contribution < 1.29 is 0 Å². The van der Waals surface area contributed by atoms with E-state index in [1.165, 1.54) is 105 Å². The van der Waals surface area contributed by atoms with Gasteiger partial charge >= 0.3 is 0 Å². The summed E-state index contributed by atoms with van der Waals surface area (Å²) in [5.41, 5.74) is 12.8. The van der Waals surface area contributed by atoms with E-state index < -0.39 is 8.07 Å². The molecule has 2 heterocycles. The topological polar surface area (TPSA) is 9.86 Å². The summed E-state index contributed by atoms with van der Waals surface area (Å²) < 4.78 is 4.89. The van der Waals surface area contributed by atoms with Crippen LogP contribution in [0.15, 0.2) is 218 Å². The molecule has 65 heavy (non-hydrogen) atoms. The number of benzene rings is 9. The molecule has 9 aromatic carbocycles. The Labute approximate surface area is 383 Å². The Bertz CT molecular complexity index is 3540. The molecule has 0 N–H and O–H groups in total. The number of para-hydroxylation sites is 3. The Balaban J connectivity index is 1.05. The normalized spacial score (nSPS) is 14.6. The zero-order valence-corrected chi connectivity index (χ0v) is 38.6. The van der Waals surface area contributed by atoms with E-state index >= 15 is 0 Å². The molecule has 0 amide bonds. The van der Waals surface area contributed by atoms with Crippen LogP contribution in [0, 0.1) is 0 Å². The zero-order chi connectivity index (χ0) is 43.9. The second-order valence-electron chi connectivity index (χ2n) is 19.6. The van der Waals surface area contributed by atoms with E-state index in [1.807, 2.05) is 0 Å². The van der Waals surface area contributed by atoms with E-state index in [-0.39, 0.29) is 10.8 Å². The van der Waals surface area contributed by atoms with Gasteiger partial charge < -0.3 is 9.13 Å². The summed E-state index contributed by atoms with van der Waals surface area (Å²) in [7, 11) is -2.81. The van der Waals surface area contributed by atoms with Crippen LogP contribution >= 0.6 is 0 Å². The van der Waals surface area contributed by atoms with Crippen LogP contribution in [0.4, 0.5) is 0 Å². The van der Waals surface area contributed by atoms with Crippen molar-refractivity contribution in [2.24, 2.45) is 0 Å². The van der Waals surface area contributed by atoms with Gasteiger partial charge in [0.2, 0.25) is 0 Å². The van der Waals surface area contributed by atoms with Crippen molar-refractivity contribution in [2.45, 2.75) is 51.4 Å². The summed E-state index contributed by atoms with van der Waals surface area (Å²) in [5, 5.41) is 10.7. The third-order valence-corrected chi connectivity index (χ3v) is 19.7. The van der Waals surface area contributed by atoms with E-state index in [9.17, 15) is 0 Å². The molecule has 314 valence electrons. The lowest BCUT2D eigenvalue weighted by Gasteiger charge is -2.43. The maximum Gasteiger partial charge on any atom is 0.179 e. The fraction of sp³-hybridized carbons (Fsp3) is 0.129.